The van der Waals surface area contributed by atoms with Gasteiger partial charge >= 0.3 is 0 Å². The van der Waals surface area contributed by atoms with E-state index in [1.54, 1.807) is 24.5 Å². The van der Waals surface area contributed by atoms with Crippen LogP contribution in [0, 0.1) is 0 Å². The fourth-order valence-electron chi connectivity index (χ4n) is 3.03. The van der Waals surface area contributed by atoms with Crippen LogP contribution in [-0.4, -0.2) is 40.3 Å². The zero-order chi connectivity index (χ0) is 17.6. The monoisotopic (exact) mass is 377 g/mol. The van der Waals surface area contributed by atoms with E-state index >= 15 is 0 Å². The van der Waals surface area contributed by atoms with Gasteiger partial charge in [-0.25, -0.2) is 0 Å². The van der Waals surface area contributed by atoms with Gasteiger partial charge in [-0.2, -0.15) is 0 Å². The highest BCUT2D eigenvalue weighted by molar-refractivity contribution is 6.35. The van der Waals surface area contributed by atoms with Crippen LogP contribution in [0.2, 0.25) is 10.0 Å². The maximum atomic E-state index is 12.9. The van der Waals surface area contributed by atoms with Crippen molar-refractivity contribution in [2.24, 2.45) is 0 Å². The topological polar surface area (TPSA) is 36.4 Å². The lowest BCUT2D eigenvalue weighted by molar-refractivity contribution is -0.133. The van der Waals surface area contributed by atoms with Gasteiger partial charge in [-0.3, -0.25) is 14.7 Å². The molecule has 25 heavy (non-hydrogen) atoms. The molecular weight excluding hydrogens is 357 g/mol. The van der Waals surface area contributed by atoms with Crippen LogP contribution < -0.4 is 0 Å². The summed E-state index contributed by atoms with van der Waals surface area (Å²) in [5, 5.41) is 1.17. The molecule has 2 aromatic rings. The van der Waals surface area contributed by atoms with Crippen molar-refractivity contribution in [1.29, 1.82) is 0 Å². The first-order chi connectivity index (χ1) is 12.1. The molecule has 0 spiro atoms. The molecule has 1 aliphatic rings. The smallest absolute Gasteiger partial charge is 0.237 e. The molecule has 1 aliphatic heterocycles. The number of pyridine rings is 1. The zero-order valence-corrected chi connectivity index (χ0v) is 15.5. The van der Waals surface area contributed by atoms with Crippen LogP contribution in [0.25, 0.3) is 0 Å². The third-order valence-corrected chi connectivity index (χ3v) is 4.97. The third kappa shape index (κ3) is 5.18. The van der Waals surface area contributed by atoms with Gasteiger partial charge in [-0.05, 0) is 55.3 Å². The summed E-state index contributed by atoms with van der Waals surface area (Å²) in [6, 6.07) is 9.26. The van der Waals surface area contributed by atoms with Crippen LogP contribution in [0.3, 0.4) is 0 Å². The molecule has 2 heterocycles. The fourth-order valence-corrected chi connectivity index (χ4v) is 3.50. The zero-order valence-electron chi connectivity index (χ0n) is 14.0. The van der Waals surface area contributed by atoms with Crippen molar-refractivity contribution in [2.45, 2.75) is 25.9 Å². The minimum absolute atomic E-state index is 0.108. The van der Waals surface area contributed by atoms with E-state index < -0.39 is 0 Å². The molecule has 1 amide bonds. The first-order valence-electron chi connectivity index (χ1n) is 8.45. The molecule has 1 aromatic heterocycles. The van der Waals surface area contributed by atoms with Crippen molar-refractivity contribution >= 4 is 29.1 Å². The van der Waals surface area contributed by atoms with Crippen molar-refractivity contribution < 1.29 is 4.79 Å². The Labute approximate surface area is 158 Å². The number of carbonyl (C=O) groups excluding carboxylic acids is 1. The highest BCUT2D eigenvalue weighted by Gasteiger charge is 2.21. The first-order valence-corrected chi connectivity index (χ1v) is 9.20. The number of carbonyl (C=O) groups is 1. The molecule has 1 fully saturated rings. The largest absolute Gasteiger partial charge is 0.333 e. The Morgan fingerprint density at radius 3 is 2.64 bits per heavy atom. The maximum Gasteiger partial charge on any atom is 0.237 e. The Balaban J connectivity index is 1.76. The lowest BCUT2D eigenvalue weighted by Gasteiger charge is -2.26. The van der Waals surface area contributed by atoms with Crippen LogP contribution >= 0.6 is 23.2 Å². The fraction of sp³-hybridized carbons (Fsp3) is 0.368. The SMILES string of the molecule is O=C(CN1CCCC1)N(Cc1cccnc1)Cc1ccc(Cl)cc1Cl. The standard InChI is InChI=1S/C19H21Cl2N3O/c20-17-6-5-16(18(21)10-17)13-24(12-15-4-3-7-22-11-15)19(25)14-23-8-1-2-9-23/h3-7,10-11H,1-2,8-9,12-14H2. The van der Waals surface area contributed by atoms with Gasteiger partial charge in [0.25, 0.3) is 0 Å². The summed E-state index contributed by atoms with van der Waals surface area (Å²) in [6.45, 7) is 3.41. The summed E-state index contributed by atoms with van der Waals surface area (Å²) >= 11 is 12.3. The Morgan fingerprint density at radius 2 is 1.96 bits per heavy atom. The van der Waals surface area contributed by atoms with Gasteiger partial charge in [0, 0.05) is 35.5 Å². The molecule has 0 N–H and O–H groups in total. The molecule has 4 nitrogen and oxygen atoms in total. The Morgan fingerprint density at radius 1 is 1.16 bits per heavy atom. The van der Waals surface area contributed by atoms with Crippen molar-refractivity contribution in [2.75, 3.05) is 19.6 Å². The number of amides is 1. The minimum Gasteiger partial charge on any atom is -0.333 e. The lowest BCUT2D eigenvalue weighted by Crippen LogP contribution is -2.38. The van der Waals surface area contributed by atoms with E-state index in [1.807, 2.05) is 23.1 Å². The van der Waals surface area contributed by atoms with E-state index in [2.05, 4.69) is 9.88 Å². The quantitative estimate of drug-likeness (QED) is 0.762. The van der Waals surface area contributed by atoms with Crippen molar-refractivity contribution in [3.63, 3.8) is 0 Å². The molecule has 0 unspecified atom stereocenters. The molecule has 0 saturated carbocycles. The van der Waals surface area contributed by atoms with E-state index in [0.29, 0.717) is 29.7 Å². The second-order valence-electron chi connectivity index (χ2n) is 6.33. The Bertz CT molecular complexity index is 718. The second kappa shape index (κ2) is 8.65. The molecule has 132 valence electrons. The number of hydrogen-bond acceptors (Lipinski definition) is 3. The van der Waals surface area contributed by atoms with Crippen molar-refractivity contribution in [3.8, 4) is 0 Å². The number of halogens is 2. The molecule has 0 bridgehead atoms. The molecule has 3 rings (SSSR count). The van der Waals surface area contributed by atoms with Gasteiger partial charge in [0.1, 0.15) is 0 Å². The predicted octanol–water partition coefficient (Wildman–Crippen LogP) is 4.01. The van der Waals surface area contributed by atoms with E-state index in [1.165, 1.54) is 12.8 Å². The molecule has 6 heteroatoms. The molecule has 1 aromatic carbocycles. The average molecular weight is 378 g/mol. The van der Waals surface area contributed by atoms with Gasteiger partial charge in [0.05, 0.1) is 6.54 Å². The number of nitrogens with zero attached hydrogens (tertiary/aromatic N) is 3. The average Bonchev–Trinajstić information content (AvgIpc) is 3.10. The summed E-state index contributed by atoms with van der Waals surface area (Å²) in [4.78, 5) is 21.1. The Hall–Kier alpha value is -1.62. The van der Waals surface area contributed by atoms with Gasteiger partial charge < -0.3 is 4.90 Å². The van der Waals surface area contributed by atoms with Crippen LogP contribution in [0.4, 0.5) is 0 Å². The molecule has 0 atom stereocenters. The van der Waals surface area contributed by atoms with E-state index in [0.717, 1.165) is 24.2 Å². The predicted molar refractivity (Wildman–Crippen MR) is 101 cm³/mol. The third-order valence-electron chi connectivity index (χ3n) is 4.38. The van der Waals surface area contributed by atoms with Gasteiger partial charge in [0.2, 0.25) is 5.91 Å². The van der Waals surface area contributed by atoms with E-state index in [9.17, 15) is 4.79 Å². The van der Waals surface area contributed by atoms with E-state index in [4.69, 9.17) is 23.2 Å². The second-order valence-corrected chi connectivity index (χ2v) is 7.17. The van der Waals surface area contributed by atoms with E-state index in [-0.39, 0.29) is 5.91 Å². The summed E-state index contributed by atoms with van der Waals surface area (Å²) in [5.41, 5.74) is 1.90. The minimum atomic E-state index is 0.108. The van der Waals surface area contributed by atoms with Crippen LogP contribution in [0.15, 0.2) is 42.7 Å². The van der Waals surface area contributed by atoms with Gasteiger partial charge in [0.15, 0.2) is 0 Å². The summed E-state index contributed by atoms with van der Waals surface area (Å²) in [5.74, 6) is 0.108. The van der Waals surface area contributed by atoms with Gasteiger partial charge in [-0.15, -0.1) is 0 Å². The number of likely N-dealkylation sites (tertiary alicyclic amines) is 1. The number of rotatable bonds is 6. The normalized spacial score (nSPS) is 14.6. The molecule has 1 saturated heterocycles. The molecule has 0 aliphatic carbocycles. The van der Waals surface area contributed by atoms with Crippen LogP contribution in [0.5, 0.6) is 0 Å². The lowest BCUT2D eigenvalue weighted by atomic mass is 10.2. The highest BCUT2D eigenvalue weighted by atomic mass is 35.5. The number of hydrogen-bond donors (Lipinski definition) is 0. The van der Waals surface area contributed by atoms with Crippen LogP contribution in [-0.2, 0) is 17.9 Å². The highest BCUT2D eigenvalue weighted by Crippen LogP contribution is 2.23. The van der Waals surface area contributed by atoms with Crippen LogP contribution in [0.1, 0.15) is 24.0 Å². The maximum absolute atomic E-state index is 12.9. The molecule has 0 radical (unpaired) electrons. The number of aromatic nitrogens is 1. The van der Waals surface area contributed by atoms with Crippen molar-refractivity contribution in [1.82, 2.24) is 14.8 Å². The van der Waals surface area contributed by atoms with Crippen molar-refractivity contribution in [3.05, 3.63) is 63.9 Å². The Kier molecular flexibility index (Phi) is 6.29. The van der Waals surface area contributed by atoms with Gasteiger partial charge in [-0.1, -0.05) is 35.3 Å². The molecular formula is C19H21Cl2N3O. The summed E-state index contributed by atoms with van der Waals surface area (Å²) in [6.07, 6.45) is 5.85. The first kappa shape index (κ1) is 18.2. The summed E-state index contributed by atoms with van der Waals surface area (Å²) < 4.78 is 0. The summed E-state index contributed by atoms with van der Waals surface area (Å²) in [7, 11) is 0. The number of benzene rings is 1.